The summed E-state index contributed by atoms with van der Waals surface area (Å²) >= 11 is 0. The number of likely N-dealkylation sites (tertiary alicyclic amines) is 1. The molecule has 1 heterocycles. The molecule has 4 nitrogen and oxygen atoms in total. The number of ether oxygens (including phenoxy) is 2. The van der Waals surface area contributed by atoms with Crippen molar-refractivity contribution in [1.29, 1.82) is 0 Å². The molecule has 0 bridgehead atoms. The van der Waals surface area contributed by atoms with E-state index in [2.05, 4.69) is 4.90 Å². The molecule has 0 amide bonds. The standard InChI is InChI=1S/C14H21NO3/c1-17-13-6-5-11(14(8-13)18-2)9-15-7-3-4-12(15)10-16/h5-6,8,12,16H,3-4,7,9-10H2,1-2H3/t12-/m1/s1. The number of hydrogen-bond acceptors (Lipinski definition) is 4. The van der Waals surface area contributed by atoms with Gasteiger partial charge in [0, 0.05) is 24.2 Å². The van der Waals surface area contributed by atoms with Gasteiger partial charge in [0.05, 0.1) is 20.8 Å². The van der Waals surface area contributed by atoms with E-state index in [1.165, 1.54) is 0 Å². The summed E-state index contributed by atoms with van der Waals surface area (Å²) in [7, 11) is 3.32. The van der Waals surface area contributed by atoms with Crippen LogP contribution in [0.2, 0.25) is 0 Å². The zero-order valence-corrected chi connectivity index (χ0v) is 11.1. The SMILES string of the molecule is COc1ccc(CN2CCC[C@@H]2CO)c(OC)c1. The fourth-order valence-electron chi connectivity index (χ4n) is 2.51. The van der Waals surface area contributed by atoms with Crippen LogP contribution >= 0.6 is 0 Å². The van der Waals surface area contributed by atoms with Crippen molar-refractivity contribution in [3.63, 3.8) is 0 Å². The second-order valence-corrected chi connectivity index (χ2v) is 4.63. The third kappa shape index (κ3) is 2.76. The lowest BCUT2D eigenvalue weighted by atomic mass is 10.1. The molecule has 0 aliphatic carbocycles. The molecule has 1 saturated heterocycles. The van der Waals surface area contributed by atoms with E-state index in [-0.39, 0.29) is 12.6 Å². The van der Waals surface area contributed by atoms with Crippen LogP contribution in [0.3, 0.4) is 0 Å². The van der Waals surface area contributed by atoms with Crippen LogP contribution in [0, 0.1) is 0 Å². The van der Waals surface area contributed by atoms with Gasteiger partial charge in [-0.25, -0.2) is 0 Å². The molecule has 1 fully saturated rings. The molecule has 1 aliphatic rings. The summed E-state index contributed by atoms with van der Waals surface area (Å²) in [6, 6.07) is 6.17. The Labute approximate surface area is 108 Å². The van der Waals surface area contributed by atoms with Crippen molar-refractivity contribution in [2.24, 2.45) is 0 Å². The molecule has 0 radical (unpaired) electrons. The lowest BCUT2D eigenvalue weighted by Gasteiger charge is -2.23. The van der Waals surface area contributed by atoms with Gasteiger partial charge in [0.15, 0.2) is 0 Å². The minimum atomic E-state index is 0.235. The lowest BCUT2D eigenvalue weighted by molar-refractivity contribution is 0.152. The number of aliphatic hydroxyl groups is 1. The molecule has 1 N–H and O–H groups in total. The molecule has 0 saturated carbocycles. The van der Waals surface area contributed by atoms with Gasteiger partial charge in [-0.3, -0.25) is 4.90 Å². The van der Waals surface area contributed by atoms with Crippen molar-refractivity contribution >= 4 is 0 Å². The molecule has 1 aromatic rings. The largest absolute Gasteiger partial charge is 0.497 e. The monoisotopic (exact) mass is 251 g/mol. The summed E-state index contributed by atoms with van der Waals surface area (Å²) < 4.78 is 10.6. The predicted octanol–water partition coefficient (Wildman–Crippen LogP) is 1.66. The normalized spacial score (nSPS) is 20.1. The molecule has 1 atom stereocenters. The average Bonchev–Trinajstić information content (AvgIpc) is 2.86. The molecular formula is C14H21NO3. The van der Waals surface area contributed by atoms with Gasteiger partial charge < -0.3 is 14.6 Å². The van der Waals surface area contributed by atoms with Crippen molar-refractivity contribution in [2.75, 3.05) is 27.4 Å². The van der Waals surface area contributed by atoms with Gasteiger partial charge in [-0.05, 0) is 25.5 Å². The van der Waals surface area contributed by atoms with E-state index in [1.807, 2.05) is 18.2 Å². The molecule has 0 spiro atoms. The predicted molar refractivity (Wildman–Crippen MR) is 70.1 cm³/mol. The number of nitrogens with zero attached hydrogens (tertiary/aromatic N) is 1. The maximum atomic E-state index is 9.33. The molecular weight excluding hydrogens is 230 g/mol. The van der Waals surface area contributed by atoms with Crippen molar-refractivity contribution in [3.05, 3.63) is 23.8 Å². The van der Waals surface area contributed by atoms with Gasteiger partial charge in [-0.2, -0.15) is 0 Å². The Kier molecular flexibility index (Phi) is 4.44. The number of methoxy groups -OCH3 is 2. The minimum absolute atomic E-state index is 0.235. The molecule has 4 heteroatoms. The minimum Gasteiger partial charge on any atom is -0.497 e. The van der Waals surface area contributed by atoms with Gasteiger partial charge in [0.1, 0.15) is 11.5 Å². The van der Waals surface area contributed by atoms with Crippen LogP contribution in [-0.4, -0.2) is 43.4 Å². The van der Waals surface area contributed by atoms with Gasteiger partial charge in [-0.15, -0.1) is 0 Å². The Morgan fingerprint density at radius 2 is 2.17 bits per heavy atom. The Bertz CT molecular complexity index is 395. The zero-order valence-electron chi connectivity index (χ0n) is 11.1. The summed E-state index contributed by atoms with van der Waals surface area (Å²) in [6.45, 7) is 2.09. The maximum absolute atomic E-state index is 9.33. The van der Waals surface area contributed by atoms with Gasteiger partial charge in [0.2, 0.25) is 0 Å². The van der Waals surface area contributed by atoms with Crippen LogP contribution in [-0.2, 0) is 6.54 Å². The molecule has 1 aliphatic heterocycles. The molecule has 2 rings (SSSR count). The molecule has 0 aromatic heterocycles. The highest BCUT2D eigenvalue weighted by atomic mass is 16.5. The van der Waals surface area contributed by atoms with E-state index >= 15 is 0 Å². The van der Waals surface area contributed by atoms with E-state index in [9.17, 15) is 5.11 Å². The van der Waals surface area contributed by atoms with Gasteiger partial charge >= 0.3 is 0 Å². The van der Waals surface area contributed by atoms with E-state index in [0.29, 0.717) is 0 Å². The number of rotatable bonds is 5. The second-order valence-electron chi connectivity index (χ2n) is 4.63. The Morgan fingerprint density at radius 3 is 2.83 bits per heavy atom. The highest BCUT2D eigenvalue weighted by Gasteiger charge is 2.24. The summed E-state index contributed by atoms with van der Waals surface area (Å²) in [5.41, 5.74) is 1.14. The summed E-state index contributed by atoms with van der Waals surface area (Å²) in [4.78, 5) is 2.31. The first kappa shape index (κ1) is 13.2. The molecule has 0 unspecified atom stereocenters. The topological polar surface area (TPSA) is 41.9 Å². The van der Waals surface area contributed by atoms with Gasteiger partial charge in [0.25, 0.3) is 0 Å². The van der Waals surface area contributed by atoms with E-state index in [0.717, 1.165) is 43.0 Å². The smallest absolute Gasteiger partial charge is 0.127 e. The van der Waals surface area contributed by atoms with Crippen molar-refractivity contribution in [2.45, 2.75) is 25.4 Å². The van der Waals surface area contributed by atoms with Crippen LogP contribution in [0.1, 0.15) is 18.4 Å². The fourth-order valence-corrected chi connectivity index (χ4v) is 2.51. The average molecular weight is 251 g/mol. The fraction of sp³-hybridized carbons (Fsp3) is 0.571. The Balaban J connectivity index is 2.13. The third-order valence-electron chi connectivity index (χ3n) is 3.58. The quantitative estimate of drug-likeness (QED) is 0.864. The van der Waals surface area contributed by atoms with E-state index < -0.39 is 0 Å². The molecule has 18 heavy (non-hydrogen) atoms. The Hall–Kier alpha value is -1.26. The third-order valence-corrected chi connectivity index (χ3v) is 3.58. The first-order chi connectivity index (χ1) is 8.78. The van der Waals surface area contributed by atoms with Crippen LogP contribution in [0.15, 0.2) is 18.2 Å². The van der Waals surface area contributed by atoms with Crippen LogP contribution in [0.25, 0.3) is 0 Å². The van der Waals surface area contributed by atoms with Crippen LogP contribution in [0.5, 0.6) is 11.5 Å². The summed E-state index contributed by atoms with van der Waals surface area (Å²) in [5.74, 6) is 1.65. The summed E-state index contributed by atoms with van der Waals surface area (Å²) in [6.07, 6.45) is 2.23. The molecule has 100 valence electrons. The first-order valence-electron chi connectivity index (χ1n) is 6.34. The maximum Gasteiger partial charge on any atom is 0.127 e. The Morgan fingerprint density at radius 1 is 1.33 bits per heavy atom. The highest BCUT2D eigenvalue weighted by Crippen LogP contribution is 2.28. The second kappa shape index (κ2) is 6.07. The van der Waals surface area contributed by atoms with Crippen LogP contribution < -0.4 is 9.47 Å². The number of aliphatic hydroxyl groups excluding tert-OH is 1. The van der Waals surface area contributed by atoms with Crippen molar-refractivity contribution in [1.82, 2.24) is 4.90 Å². The van der Waals surface area contributed by atoms with E-state index in [1.54, 1.807) is 14.2 Å². The summed E-state index contributed by atoms with van der Waals surface area (Å²) in [5, 5.41) is 9.33. The van der Waals surface area contributed by atoms with Crippen LogP contribution in [0.4, 0.5) is 0 Å². The zero-order chi connectivity index (χ0) is 13.0. The number of hydrogen-bond donors (Lipinski definition) is 1. The lowest BCUT2D eigenvalue weighted by Crippen LogP contribution is -2.31. The van der Waals surface area contributed by atoms with Crippen molar-refractivity contribution < 1.29 is 14.6 Å². The van der Waals surface area contributed by atoms with Crippen molar-refractivity contribution in [3.8, 4) is 11.5 Å². The first-order valence-corrected chi connectivity index (χ1v) is 6.34. The number of benzene rings is 1. The highest BCUT2D eigenvalue weighted by molar-refractivity contribution is 5.40. The van der Waals surface area contributed by atoms with E-state index in [4.69, 9.17) is 9.47 Å². The molecule has 1 aromatic carbocycles. The van der Waals surface area contributed by atoms with Gasteiger partial charge in [-0.1, -0.05) is 6.07 Å².